The molecule has 1 atom stereocenters. The van der Waals surface area contributed by atoms with Crippen LogP contribution in [0.1, 0.15) is 25.5 Å². The van der Waals surface area contributed by atoms with E-state index in [1.165, 1.54) is 0 Å². The number of anilines is 1. The molecule has 0 saturated heterocycles. The van der Waals surface area contributed by atoms with Gasteiger partial charge in [0.1, 0.15) is 0 Å². The van der Waals surface area contributed by atoms with Crippen molar-refractivity contribution in [3.8, 4) is 0 Å². The summed E-state index contributed by atoms with van der Waals surface area (Å²) in [6.45, 7) is 4.53. The summed E-state index contributed by atoms with van der Waals surface area (Å²) in [5.74, 6) is 0. The van der Waals surface area contributed by atoms with E-state index in [1.54, 1.807) is 12.1 Å². The quantitative estimate of drug-likeness (QED) is 0.666. The summed E-state index contributed by atoms with van der Waals surface area (Å²) >= 11 is 0. The fourth-order valence-corrected chi connectivity index (χ4v) is 1.27. The van der Waals surface area contributed by atoms with Gasteiger partial charge >= 0.3 is 6.03 Å². The van der Waals surface area contributed by atoms with Crippen LogP contribution in [0.3, 0.4) is 0 Å². The molecule has 5 heteroatoms. The van der Waals surface area contributed by atoms with Crippen LogP contribution in [-0.2, 0) is 4.84 Å². The van der Waals surface area contributed by atoms with E-state index >= 15 is 0 Å². The standard InChI is InChI=1S/C11H17N3O2/c1-3-16-14-8(2)9-4-6-10(7-5-9)13-11(12)15/h4-8,14H,3H2,1-2H3,(H3,12,13,15). The van der Waals surface area contributed by atoms with Crippen LogP contribution in [0.2, 0.25) is 0 Å². The maximum absolute atomic E-state index is 10.6. The smallest absolute Gasteiger partial charge is 0.316 e. The minimum atomic E-state index is -0.562. The van der Waals surface area contributed by atoms with E-state index in [4.69, 9.17) is 10.6 Å². The van der Waals surface area contributed by atoms with Crippen LogP contribution in [0.15, 0.2) is 24.3 Å². The van der Waals surface area contributed by atoms with Crippen LogP contribution < -0.4 is 16.5 Å². The molecule has 5 nitrogen and oxygen atoms in total. The van der Waals surface area contributed by atoms with E-state index in [9.17, 15) is 4.79 Å². The summed E-state index contributed by atoms with van der Waals surface area (Å²) in [6, 6.07) is 6.94. The molecule has 0 heterocycles. The van der Waals surface area contributed by atoms with Gasteiger partial charge < -0.3 is 15.9 Å². The van der Waals surface area contributed by atoms with Crippen LogP contribution in [-0.4, -0.2) is 12.6 Å². The zero-order valence-corrected chi connectivity index (χ0v) is 9.49. The van der Waals surface area contributed by atoms with Gasteiger partial charge in [0.05, 0.1) is 12.6 Å². The number of hydroxylamine groups is 1. The van der Waals surface area contributed by atoms with Crippen molar-refractivity contribution < 1.29 is 9.63 Å². The maximum Gasteiger partial charge on any atom is 0.316 e. The molecule has 1 aromatic rings. The molecule has 0 saturated carbocycles. The number of amides is 2. The normalized spacial score (nSPS) is 12.1. The molecule has 4 N–H and O–H groups in total. The first-order chi connectivity index (χ1) is 7.63. The Bertz CT molecular complexity index is 338. The van der Waals surface area contributed by atoms with Crippen LogP contribution in [0, 0.1) is 0 Å². The van der Waals surface area contributed by atoms with E-state index in [1.807, 2.05) is 26.0 Å². The molecular formula is C11H17N3O2. The summed E-state index contributed by atoms with van der Waals surface area (Å²) < 4.78 is 0. The molecule has 0 fully saturated rings. The lowest BCUT2D eigenvalue weighted by atomic mass is 10.1. The van der Waals surface area contributed by atoms with Crippen molar-refractivity contribution in [2.24, 2.45) is 5.73 Å². The summed E-state index contributed by atoms with van der Waals surface area (Å²) in [4.78, 5) is 15.7. The Balaban J connectivity index is 2.59. The van der Waals surface area contributed by atoms with Gasteiger partial charge in [-0.1, -0.05) is 12.1 Å². The Morgan fingerprint density at radius 1 is 1.44 bits per heavy atom. The van der Waals surface area contributed by atoms with Crippen molar-refractivity contribution in [1.82, 2.24) is 5.48 Å². The highest BCUT2D eigenvalue weighted by atomic mass is 16.6. The lowest BCUT2D eigenvalue weighted by Crippen LogP contribution is -2.20. The third-order valence-electron chi connectivity index (χ3n) is 2.08. The topological polar surface area (TPSA) is 76.4 Å². The Hall–Kier alpha value is -1.59. The number of primary amides is 1. The minimum absolute atomic E-state index is 0.0996. The third-order valence-corrected chi connectivity index (χ3v) is 2.08. The molecule has 1 rings (SSSR count). The van der Waals surface area contributed by atoms with E-state index in [-0.39, 0.29) is 6.04 Å². The predicted octanol–water partition coefficient (Wildman–Crippen LogP) is 1.78. The molecule has 1 aromatic carbocycles. The molecule has 0 aliphatic carbocycles. The van der Waals surface area contributed by atoms with E-state index < -0.39 is 6.03 Å². The van der Waals surface area contributed by atoms with Gasteiger partial charge in [-0.2, -0.15) is 5.48 Å². The van der Waals surface area contributed by atoms with Gasteiger partial charge in [0.15, 0.2) is 0 Å². The molecule has 88 valence electrons. The Labute approximate surface area is 94.9 Å². The average Bonchev–Trinajstić information content (AvgIpc) is 2.26. The van der Waals surface area contributed by atoms with Crippen molar-refractivity contribution in [2.45, 2.75) is 19.9 Å². The van der Waals surface area contributed by atoms with Crippen LogP contribution in [0.4, 0.5) is 10.5 Å². The zero-order valence-electron chi connectivity index (χ0n) is 9.49. The maximum atomic E-state index is 10.6. The predicted molar refractivity (Wildman–Crippen MR) is 62.8 cm³/mol. The van der Waals surface area contributed by atoms with E-state index in [0.717, 1.165) is 5.56 Å². The minimum Gasteiger partial charge on any atom is -0.351 e. The number of hydrogen-bond acceptors (Lipinski definition) is 3. The number of benzene rings is 1. The summed E-state index contributed by atoms with van der Waals surface area (Å²) in [6.07, 6.45) is 0. The first-order valence-corrected chi connectivity index (χ1v) is 5.17. The highest BCUT2D eigenvalue weighted by Gasteiger charge is 2.04. The monoisotopic (exact) mass is 223 g/mol. The summed E-state index contributed by atoms with van der Waals surface area (Å²) in [5, 5.41) is 2.50. The Kier molecular flexibility index (Phi) is 4.75. The summed E-state index contributed by atoms with van der Waals surface area (Å²) in [5.41, 5.74) is 9.66. The highest BCUT2D eigenvalue weighted by Crippen LogP contribution is 2.15. The van der Waals surface area contributed by atoms with Crippen molar-refractivity contribution >= 4 is 11.7 Å². The highest BCUT2D eigenvalue weighted by molar-refractivity contribution is 5.87. The number of urea groups is 1. The Morgan fingerprint density at radius 2 is 2.06 bits per heavy atom. The molecule has 0 bridgehead atoms. The van der Waals surface area contributed by atoms with E-state index in [0.29, 0.717) is 12.3 Å². The van der Waals surface area contributed by atoms with Crippen molar-refractivity contribution in [3.05, 3.63) is 29.8 Å². The largest absolute Gasteiger partial charge is 0.351 e. The van der Waals surface area contributed by atoms with Crippen molar-refractivity contribution in [1.29, 1.82) is 0 Å². The SMILES string of the molecule is CCONC(C)c1ccc(NC(N)=O)cc1. The number of rotatable bonds is 5. The van der Waals surface area contributed by atoms with Gasteiger partial charge in [-0.05, 0) is 31.5 Å². The van der Waals surface area contributed by atoms with Crippen LogP contribution >= 0.6 is 0 Å². The van der Waals surface area contributed by atoms with Gasteiger partial charge in [0.2, 0.25) is 0 Å². The zero-order chi connectivity index (χ0) is 12.0. The number of nitrogens with one attached hydrogen (secondary N) is 2. The first-order valence-electron chi connectivity index (χ1n) is 5.17. The molecular weight excluding hydrogens is 206 g/mol. The van der Waals surface area contributed by atoms with Gasteiger partial charge in [0, 0.05) is 5.69 Å². The third kappa shape index (κ3) is 3.88. The van der Waals surface area contributed by atoms with Gasteiger partial charge in [-0.3, -0.25) is 0 Å². The Morgan fingerprint density at radius 3 is 2.56 bits per heavy atom. The van der Waals surface area contributed by atoms with Crippen molar-refractivity contribution in [3.63, 3.8) is 0 Å². The number of carbonyl (C=O) groups is 1. The molecule has 0 spiro atoms. The van der Waals surface area contributed by atoms with Crippen molar-refractivity contribution in [2.75, 3.05) is 11.9 Å². The fourth-order valence-electron chi connectivity index (χ4n) is 1.27. The second-order valence-corrected chi connectivity index (χ2v) is 3.38. The van der Waals surface area contributed by atoms with E-state index in [2.05, 4.69) is 10.8 Å². The first kappa shape index (κ1) is 12.5. The number of hydrogen-bond donors (Lipinski definition) is 3. The van der Waals surface area contributed by atoms with Gasteiger partial charge in [-0.25, -0.2) is 4.79 Å². The fraction of sp³-hybridized carbons (Fsp3) is 0.364. The molecule has 0 aliphatic heterocycles. The summed E-state index contributed by atoms with van der Waals surface area (Å²) in [7, 11) is 0. The van der Waals surface area contributed by atoms with Gasteiger partial charge in [0.25, 0.3) is 0 Å². The lowest BCUT2D eigenvalue weighted by molar-refractivity contribution is 0.0285. The molecule has 0 radical (unpaired) electrons. The molecule has 1 unspecified atom stereocenters. The number of nitrogens with two attached hydrogens (primary N) is 1. The number of carbonyl (C=O) groups excluding carboxylic acids is 1. The second-order valence-electron chi connectivity index (χ2n) is 3.38. The average molecular weight is 223 g/mol. The molecule has 0 aliphatic rings. The van der Waals surface area contributed by atoms with Crippen LogP contribution in [0.25, 0.3) is 0 Å². The molecule has 2 amide bonds. The molecule has 0 aromatic heterocycles. The van der Waals surface area contributed by atoms with Crippen LogP contribution in [0.5, 0.6) is 0 Å². The molecule has 16 heavy (non-hydrogen) atoms. The van der Waals surface area contributed by atoms with Gasteiger partial charge in [-0.15, -0.1) is 0 Å². The second kappa shape index (κ2) is 6.09. The lowest BCUT2D eigenvalue weighted by Gasteiger charge is -2.13.